The number of hydrogen-bond donors (Lipinski definition) is 0. The summed E-state index contributed by atoms with van der Waals surface area (Å²) in [6.07, 6.45) is 0. The smallest absolute Gasteiger partial charge is 0.143 e. The summed E-state index contributed by atoms with van der Waals surface area (Å²) in [4.78, 5) is 0. The van der Waals surface area contributed by atoms with Crippen molar-refractivity contribution in [3.8, 4) is 22.3 Å². The number of furan rings is 1. The molecule has 0 bridgehead atoms. The molecule has 0 aliphatic carbocycles. The van der Waals surface area contributed by atoms with Crippen molar-refractivity contribution in [3.63, 3.8) is 0 Å². The van der Waals surface area contributed by atoms with Crippen molar-refractivity contribution in [2.75, 3.05) is 0 Å². The highest BCUT2D eigenvalue weighted by Gasteiger charge is 2.20. The molecule has 9 aromatic carbocycles. The van der Waals surface area contributed by atoms with Gasteiger partial charge >= 0.3 is 0 Å². The molecule has 45 heavy (non-hydrogen) atoms. The molecule has 0 spiro atoms. The maximum Gasteiger partial charge on any atom is 0.143 e. The molecule has 0 aliphatic heterocycles. The largest absolute Gasteiger partial charge is 0.455 e. The zero-order valence-electron chi connectivity index (χ0n) is 32.7. The monoisotopic (exact) mass is 579 g/mol. The van der Waals surface area contributed by atoms with E-state index in [1.54, 1.807) is 0 Å². The molecule has 0 saturated carbocycles. The molecular formula is C44H26O. The maximum atomic E-state index is 9.72. The van der Waals surface area contributed by atoms with Crippen LogP contribution in [0.25, 0.3) is 98.1 Å². The van der Waals surface area contributed by atoms with Crippen LogP contribution in [-0.2, 0) is 0 Å². The second-order valence-corrected chi connectivity index (χ2v) is 11.3. The van der Waals surface area contributed by atoms with Gasteiger partial charge in [-0.05, 0) is 95.0 Å². The third-order valence-electron chi connectivity index (χ3n) is 8.96. The van der Waals surface area contributed by atoms with E-state index in [4.69, 9.17) is 14.0 Å². The summed E-state index contributed by atoms with van der Waals surface area (Å²) in [6.45, 7) is 0. The molecule has 0 aliphatic rings. The first-order valence-electron chi connectivity index (χ1n) is 19.3. The standard InChI is InChI=1S/C44H26O/c1-4-14-31-27(11-1)21-23-38-39-26-29(22-24-41(39)45-44(31)38)42-34-17-7-9-19-36(34)43(37-20-10-8-18-35(37)42)40-25-28-12-2-3-13-30(28)32-15-5-6-16-33(32)40/h1-26H/i2D,3D,5D,6D,12D,13D,15D,16D,25D. The van der Waals surface area contributed by atoms with Gasteiger partial charge in [0.2, 0.25) is 0 Å². The summed E-state index contributed by atoms with van der Waals surface area (Å²) >= 11 is 0. The molecular weight excluding hydrogens is 544 g/mol. The molecule has 1 aromatic heterocycles. The Labute approximate surface area is 272 Å². The van der Waals surface area contributed by atoms with Gasteiger partial charge in [-0.2, -0.15) is 0 Å². The van der Waals surface area contributed by atoms with Crippen molar-refractivity contribution in [1.29, 1.82) is 0 Å². The van der Waals surface area contributed by atoms with Crippen LogP contribution in [0.1, 0.15) is 12.3 Å². The highest BCUT2D eigenvalue weighted by Crippen LogP contribution is 2.47. The summed E-state index contributed by atoms with van der Waals surface area (Å²) in [5.41, 5.74) is 4.16. The van der Waals surface area contributed by atoms with Gasteiger partial charge in [-0.15, -0.1) is 0 Å². The Hall–Kier alpha value is -5.92. The normalized spacial score (nSPS) is 14.8. The van der Waals surface area contributed by atoms with E-state index in [9.17, 15) is 2.74 Å². The van der Waals surface area contributed by atoms with Crippen molar-refractivity contribution in [1.82, 2.24) is 0 Å². The van der Waals surface area contributed by atoms with Crippen LogP contribution < -0.4 is 0 Å². The van der Waals surface area contributed by atoms with E-state index in [1.165, 1.54) is 0 Å². The number of rotatable bonds is 2. The van der Waals surface area contributed by atoms with Gasteiger partial charge in [-0.25, -0.2) is 0 Å². The Kier molecular flexibility index (Phi) is 3.59. The van der Waals surface area contributed by atoms with Gasteiger partial charge in [0.25, 0.3) is 0 Å². The summed E-state index contributed by atoms with van der Waals surface area (Å²) in [5, 5.41) is 6.98. The number of benzene rings is 9. The minimum Gasteiger partial charge on any atom is -0.455 e. The van der Waals surface area contributed by atoms with Gasteiger partial charge in [0.05, 0.1) is 12.3 Å². The fraction of sp³-hybridized carbons (Fsp3) is 0. The third kappa shape index (κ3) is 3.50. The molecule has 0 amide bonds. The predicted octanol–water partition coefficient (Wildman–Crippen LogP) is 12.7. The molecule has 0 atom stereocenters. The highest BCUT2D eigenvalue weighted by atomic mass is 16.3. The Balaban J connectivity index is 1.38. The van der Waals surface area contributed by atoms with Crippen LogP contribution in [0.15, 0.2) is 162 Å². The van der Waals surface area contributed by atoms with Gasteiger partial charge in [0.15, 0.2) is 0 Å². The van der Waals surface area contributed by atoms with Gasteiger partial charge < -0.3 is 4.42 Å². The predicted molar refractivity (Wildman–Crippen MR) is 192 cm³/mol. The Morgan fingerprint density at radius 1 is 0.422 bits per heavy atom. The van der Waals surface area contributed by atoms with Crippen LogP contribution in [0, 0.1) is 0 Å². The molecule has 0 radical (unpaired) electrons. The van der Waals surface area contributed by atoms with Crippen molar-refractivity contribution >= 4 is 75.8 Å². The average molecular weight is 580 g/mol. The lowest BCUT2D eigenvalue weighted by Crippen LogP contribution is -1.92. The number of hydrogen-bond acceptors (Lipinski definition) is 1. The van der Waals surface area contributed by atoms with Crippen LogP contribution in [-0.4, -0.2) is 0 Å². The van der Waals surface area contributed by atoms with E-state index in [0.717, 1.165) is 65.4 Å². The lowest BCUT2D eigenvalue weighted by atomic mass is 9.83. The number of fused-ring (bicyclic) bond motifs is 10. The van der Waals surface area contributed by atoms with Crippen LogP contribution >= 0.6 is 0 Å². The molecule has 0 N–H and O–H groups in total. The highest BCUT2D eigenvalue weighted by molar-refractivity contribution is 6.26. The maximum absolute atomic E-state index is 9.72. The molecule has 1 heteroatoms. The first-order valence-corrected chi connectivity index (χ1v) is 14.8. The van der Waals surface area contributed by atoms with Gasteiger partial charge in [0, 0.05) is 16.2 Å². The van der Waals surface area contributed by atoms with Gasteiger partial charge in [-0.3, -0.25) is 0 Å². The van der Waals surface area contributed by atoms with Gasteiger partial charge in [-0.1, -0.05) is 133 Å². The van der Waals surface area contributed by atoms with Crippen molar-refractivity contribution in [3.05, 3.63) is 158 Å². The van der Waals surface area contributed by atoms with Crippen LogP contribution in [0.5, 0.6) is 0 Å². The van der Waals surface area contributed by atoms with Crippen molar-refractivity contribution < 1.29 is 16.8 Å². The average Bonchev–Trinajstić information content (AvgIpc) is 3.58. The zero-order chi connectivity index (χ0) is 37.3. The fourth-order valence-electron chi connectivity index (χ4n) is 7.02. The summed E-state index contributed by atoms with van der Waals surface area (Å²) < 4.78 is 86.4. The van der Waals surface area contributed by atoms with Gasteiger partial charge in [0.1, 0.15) is 11.2 Å². The summed E-state index contributed by atoms with van der Waals surface area (Å²) in [7, 11) is 0. The molecule has 10 rings (SSSR count). The van der Waals surface area contributed by atoms with E-state index in [0.29, 0.717) is 5.56 Å². The summed E-state index contributed by atoms with van der Waals surface area (Å²) in [6, 6.07) is 30.0. The fourth-order valence-corrected chi connectivity index (χ4v) is 7.02. The van der Waals surface area contributed by atoms with Crippen molar-refractivity contribution in [2.45, 2.75) is 0 Å². The SMILES string of the molecule is [2H]c1c([2H])c([2H])c2c(c1[2H])c([2H])c(-c1c3ccccc3c(-c3ccc4oc5c6ccccc6ccc5c4c3)c3ccccc13)c1c([2H])c([2H])c([2H])c([2H])c12. The van der Waals surface area contributed by atoms with Crippen LogP contribution in [0.3, 0.4) is 0 Å². The van der Waals surface area contributed by atoms with E-state index in [1.807, 2.05) is 72.8 Å². The van der Waals surface area contributed by atoms with Crippen LogP contribution in [0.2, 0.25) is 0 Å². The topological polar surface area (TPSA) is 13.1 Å². The second-order valence-electron chi connectivity index (χ2n) is 11.3. The van der Waals surface area contributed by atoms with E-state index >= 15 is 0 Å². The van der Waals surface area contributed by atoms with Crippen molar-refractivity contribution in [2.24, 2.45) is 0 Å². The Bertz CT molecular complexity index is 3270. The molecule has 1 heterocycles. The summed E-state index contributed by atoms with van der Waals surface area (Å²) in [5.74, 6) is 0. The quantitative estimate of drug-likeness (QED) is 0.147. The van der Waals surface area contributed by atoms with E-state index in [2.05, 4.69) is 30.3 Å². The van der Waals surface area contributed by atoms with Crippen LogP contribution in [0.4, 0.5) is 0 Å². The molecule has 0 fully saturated rings. The Morgan fingerprint density at radius 3 is 1.80 bits per heavy atom. The minimum absolute atomic E-state index is 0.0325. The lowest BCUT2D eigenvalue weighted by Gasteiger charge is -2.19. The molecule has 208 valence electrons. The second kappa shape index (κ2) is 9.29. The zero-order valence-corrected chi connectivity index (χ0v) is 23.7. The molecule has 0 saturated heterocycles. The van der Waals surface area contributed by atoms with E-state index in [-0.39, 0.29) is 39.2 Å². The molecule has 10 aromatic rings. The minimum atomic E-state index is -0.538. The first kappa shape index (κ1) is 17.4. The third-order valence-corrected chi connectivity index (χ3v) is 8.96. The molecule has 0 unspecified atom stereocenters. The molecule has 1 nitrogen and oxygen atoms in total. The lowest BCUT2D eigenvalue weighted by molar-refractivity contribution is 0.672. The van der Waals surface area contributed by atoms with E-state index < -0.39 is 42.3 Å². The Morgan fingerprint density at radius 2 is 1.04 bits per heavy atom. The first-order chi connectivity index (χ1) is 26.1.